The highest BCUT2D eigenvalue weighted by Crippen LogP contribution is 2.29. The number of hydrogen-bond acceptors (Lipinski definition) is 5. The quantitative estimate of drug-likeness (QED) is 0.804. The lowest BCUT2D eigenvalue weighted by molar-refractivity contribution is -0.119. The van der Waals surface area contributed by atoms with Gasteiger partial charge in [-0.05, 0) is 29.8 Å². The minimum Gasteiger partial charge on any atom is -0.345 e. The first-order chi connectivity index (χ1) is 12.1. The van der Waals surface area contributed by atoms with Crippen LogP contribution in [0.15, 0.2) is 63.6 Å². The van der Waals surface area contributed by atoms with Crippen molar-refractivity contribution in [1.29, 1.82) is 0 Å². The fourth-order valence-electron chi connectivity index (χ4n) is 2.31. The van der Waals surface area contributed by atoms with Crippen LogP contribution in [0, 0.1) is 0 Å². The number of nitrogens with one attached hydrogen (secondary N) is 2. The number of allylic oxidation sites excluding steroid dienone is 1. The second-order valence-electron chi connectivity index (χ2n) is 5.23. The molecule has 0 fully saturated rings. The normalized spacial score (nSPS) is 15.7. The molecule has 0 aliphatic carbocycles. The van der Waals surface area contributed by atoms with Gasteiger partial charge in [-0.2, -0.15) is 0 Å². The van der Waals surface area contributed by atoms with Crippen molar-refractivity contribution < 1.29 is 13.6 Å². The number of alkyl halides is 2. The van der Waals surface area contributed by atoms with Crippen molar-refractivity contribution in [2.45, 2.75) is 12.8 Å². The zero-order chi connectivity index (χ0) is 17.8. The molecule has 0 atom stereocenters. The lowest BCUT2D eigenvalue weighted by atomic mass is 10.1. The highest BCUT2D eigenvalue weighted by molar-refractivity contribution is 8.06. The molecule has 2 N–H and O–H groups in total. The van der Waals surface area contributed by atoms with Crippen molar-refractivity contribution in [2.24, 2.45) is 4.99 Å². The second kappa shape index (κ2) is 7.43. The molecule has 0 unspecified atom stereocenters. The zero-order valence-corrected chi connectivity index (χ0v) is 13.8. The first-order valence-electron chi connectivity index (χ1n) is 7.32. The van der Waals surface area contributed by atoms with E-state index in [9.17, 15) is 13.6 Å². The van der Waals surface area contributed by atoms with E-state index in [1.165, 1.54) is 5.41 Å². The average Bonchev–Trinajstić information content (AvgIpc) is 3.10. The van der Waals surface area contributed by atoms with Crippen LogP contribution < -0.4 is 10.6 Å². The summed E-state index contributed by atoms with van der Waals surface area (Å²) in [6.07, 6.45) is 0.942. The summed E-state index contributed by atoms with van der Waals surface area (Å²) >= 11 is 1.03. The number of thioether (sulfide) groups is 1. The highest BCUT2D eigenvalue weighted by atomic mass is 32.2. The van der Waals surface area contributed by atoms with Gasteiger partial charge in [0.2, 0.25) is 5.91 Å². The molecule has 1 amide bonds. The summed E-state index contributed by atoms with van der Waals surface area (Å²) in [7, 11) is 0. The highest BCUT2D eigenvalue weighted by Gasteiger charge is 2.21. The molecule has 2 heterocycles. The SMILES string of the molecule is C=N/C(NC(=O)Cc1ccc2ccncc2c1)=C1\NC(C(F)F)=CS1. The van der Waals surface area contributed by atoms with Gasteiger partial charge in [-0.1, -0.05) is 23.9 Å². The Bertz CT molecular complexity index is 895. The summed E-state index contributed by atoms with van der Waals surface area (Å²) < 4.78 is 25.3. The van der Waals surface area contributed by atoms with Crippen molar-refractivity contribution in [2.75, 3.05) is 0 Å². The van der Waals surface area contributed by atoms with Gasteiger partial charge >= 0.3 is 0 Å². The van der Waals surface area contributed by atoms with Crippen molar-refractivity contribution in [3.8, 4) is 0 Å². The van der Waals surface area contributed by atoms with E-state index in [1.807, 2.05) is 24.3 Å². The number of rotatable bonds is 5. The van der Waals surface area contributed by atoms with E-state index in [-0.39, 0.29) is 23.8 Å². The molecule has 0 saturated heterocycles. The smallest absolute Gasteiger partial charge is 0.278 e. The molecule has 1 aliphatic rings. The number of aromatic nitrogens is 1. The molecule has 1 aliphatic heterocycles. The minimum absolute atomic E-state index is 0.122. The van der Waals surface area contributed by atoms with Crippen LogP contribution >= 0.6 is 11.8 Å². The number of hydrogen-bond donors (Lipinski definition) is 2. The van der Waals surface area contributed by atoms with Crippen LogP contribution in [-0.2, 0) is 11.2 Å². The van der Waals surface area contributed by atoms with Crippen LogP contribution in [0.2, 0.25) is 0 Å². The predicted octanol–water partition coefficient (Wildman–Crippen LogP) is 3.16. The average molecular weight is 360 g/mol. The molecule has 1 aromatic heterocycles. The van der Waals surface area contributed by atoms with Gasteiger partial charge in [-0.25, -0.2) is 13.8 Å². The number of aliphatic imine (C=N–C) groups is 1. The van der Waals surface area contributed by atoms with Gasteiger partial charge in [0, 0.05) is 23.2 Å². The second-order valence-corrected chi connectivity index (χ2v) is 6.11. The predicted molar refractivity (Wildman–Crippen MR) is 95.0 cm³/mol. The van der Waals surface area contributed by atoms with Crippen LogP contribution in [0.4, 0.5) is 8.78 Å². The summed E-state index contributed by atoms with van der Waals surface area (Å²) in [4.78, 5) is 20.0. The standard InChI is InChI=1S/C17H14F2N4OS/c1-20-16(17-22-13(9-25-17)15(18)19)23-14(24)7-10-2-3-11-4-5-21-8-12(11)6-10/h2-6,8-9,15,22H,1,7H2,(H,23,24)/b17-16-. The summed E-state index contributed by atoms with van der Waals surface area (Å²) in [5, 5.41) is 8.71. The van der Waals surface area contributed by atoms with Gasteiger partial charge in [0.25, 0.3) is 6.43 Å². The van der Waals surface area contributed by atoms with E-state index < -0.39 is 6.43 Å². The lowest BCUT2D eigenvalue weighted by Crippen LogP contribution is -2.26. The van der Waals surface area contributed by atoms with Crippen LogP contribution in [-0.4, -0.2) is 24.0 Å². The summed E-state index contributed by atoms with van der Waals surface area (Å²) in [5.41, 5.74) is 0.585. The molecule has 2 aromatic rings. The molecular weight excluding hydrogens is 346 g/mol. The zero-order valence-electron chi connectivity index (χ0n) is 13.0. The third kappa shape index (κ3) is 4.03. The Morgan fingerprint density at radius 1 is 1.36 bits per heavy atom. The van der Waals surface area contributed by atoms with Gasteiger partial charge in [-0.15, -0.1) is 0 Å². The van der Waals surface area contributed by atoms with Crippen LogP contribution in [0.25, 0.3) is 10.8 Å². The first-order valence-corrected chi connectivity index (χ1v) is 8.20. The maximum Gasteiger partial charge on any atom is 0.278 e. The largest absolute Gasteiger partial charge is 0.345 e. The number of benzene rings is 1. The summed E-state index contributed by atoms with van der Waals surface area (Å²) in [5.74, 6) is -0.185. The number of fused-ring (bicyclic) bond motifs is 1. The summed E-state index contributed by atoms with van der Waals surface area (Å²) in [6, 6.07) is 7.54. The van der Waals surface area contributed by atoms with Crippen LogP contribution in [0.1, 0.15) is 5.56 Å². The number of nitrogens with zero attached hydrogens (tertiary/aromatic N) is 2. The van der Waals surface area contributed by atoms with E-state index in [4.69, 9.17) is 0 Å². The van der Waals surface area contributed by atoms with E-state index in [0.29, 0.717) is 5.03 Å². The van der Waals surface area contributed by atoms with Gasteiger partial charge < -0.3 is 10.6 Å². The molecule has 8 heteroatoms. The number of halogens is 2. The Hall–Kier alpha value is -2.74. The Kier molecular flexibility index (Phi) is 5.08. The Morgan fingerprint density at radius 3 is 2.92 bits per heavy atom. The van der Waals surface area contributed by atoms with E-state index in [0.717, 1.165) is 28.1 Å². The van der Waals surface area contributed by atoms with Gasteiger partial charge in [-0.3, -0.25) is 9.78 Å². The van der Waals surface area contributed by atoms with Crippen LogP contribution in [0.3, 0.4) is 0 Å². The minimum atomic E-state index is -2.61. The lowest BCUT2D eigenvalue weighted by Gasteiger charge is -2.10. The third-order valence-electron chi connectivity index (χ3n) is 3.50. The fourth-order valence-corrected chi connectivity index (χ4v) is 3.12. The number of carbonyl (C=O) groups excluding carboxylic acids is 1. The number of carbonyl (C=O) groups is 1. The van der Waals surface area contributed by atoms with Crippen molar-refractivity contribution >= 4 is 35.2 Å². The third-order valence-corrected chi connectivity index (χ3v) is 4.40. The maximum atomic E-state index is 12.7. The van der Waals surface area contributed by atoms with E-state index >= 15 is 0 Å². The monoisotopic (exact) mass is 360 g/mol. The van der Waals surface area contributed by atoms with Crippen molar-refractivity contribution in [3.63, 3.8) is 0 Å². The number of pyridine rings is 1. The van der Waals surface area contributed by atoms with Gasteiger partial charge in [0.05, 0.1) is 12.1 Å². The Morgan fingerprint density at radius 2 is 2.20 bits per heavy atom. The molecule has 25 heavy (non-hydrogen) atoms. The van der Waals surface area contributed by atoms with E-state index in [2.05, 4.69) is 27.3 Å². The topological polar surface area (TPSA) is 66.4 Å². The molecule has 0 bridgehead atoms. The Labute approximate surface area is 146 Å². The molecule has 3 rings (SSSR count). The van der Waals surface area contributed by atoms with Gasteiger partial charge in [0.1, 0.15) is 5.03 Å². The molecular formula is C17H14F2N4OS. The van der Waals surface area contributed by atoms with Crippen molar-refractivity contribution in [3.05, 3.63) is 64.2 Å². The molecule has 1 aromatic carbocycles. The molecule has 0 spiro atoms. The molecule has 0 radical (unpaired) electrons. The van der Waals surface area contributed by atoms with E-state index in [1.54, 1.807) is 12.4 Å². The molecule has 0 saturated carbocycles. The van der Waals surface area contributed by atoms with Gasteiger partial charge in [0.15, 0.2) is 5.82 Å². The maximum absolute atomic E-state index is 12.7. The number of amides is 1. The summed E-state index contributed by atoms with van der Waals surface area (Å²) in [6.45, 7) is 3.38. The van der Waals surface area contributed by atoms with Crippen molar-refractivity contribution in [1.82, 2.24) is 15.6 Å². The van der Waals surface area contributed by atoms with Crippen LogP contribution in [0.5, 0.6) is 0 Å². The first kappa shape index (κ1) is 17.1. The molecule has 128 valence electrons. The Balaban J connectivity index is 1.69. The molecule has 5 nitrogen and oxygen atoms in total. The fraction of sp³-hybridized carbons (Fsp3) is 0.118.